The van der Waals surface area contributed by atoms with Gasteiger partial charge in [0.05, 0.1) is 62.0 Å². The fraction of sp³-hybridized carbons (Fsp3) is 0.457. The molecule has 4 aliphatic rings. The molecule has 332 valence electrons. The van der Waals surface area contributed by atoms with E-state index in [2.05, 4.69) is 15.2 Å². The molecule has 6 heterocycles. The van der Waals surface area contributed by atoms with E-state index in [1.165, 1.54) is 6.07 Å². The molecule has 2 atom stereocenters. The number of aromatic nitrogens is 2. The summed E-state index contributed by atoms with van der Waals surface area (Å²) in [5.74, 6) is -0.311. The Balaban J connectivity index is 0.745. The van der Waals surface area contributed by atoms with Crippen molar-refractivity contribution >= 4 is 40.3 Å². The fourth-order valence-corrected chi connectivity index (χ4v) is 8.97. The number of pyridine rings is 2. The maximum absolute atomic E-state index is 13.3. The second-order valence-corrected chi connectivity index (χ2v) is 16.4. The zero-order valence-corrected chi connectivity index (χ0v) is 35.8. The third kappa shape index (κ3) is 9.17. The molecule has 8 rings (SSSR count). The monoisotopic (exact) mass is 864 g/mol. The smallest absolute Gasteiger partial charge is 0.266 e. The van der Waals surface area contributed by atoms with Crippen molar-refractivity contribution in [1.82, 2.24) is 29.6 Å². The van der Waals surface area contributed by atoms with E-state index in [1.807, 2.05) is 29.3 Å². The topological polar surface area (TPSA) is 188 Å². The molecule has 1 N–H and O–H groups in total. The number of fused-ring (bicyclic) bond motifs is 2. The van der Waals surface area contributed by atoms with E-state index in [-0.39, 0.29) is 73.5 Å². The molecule has 3 fully saturated rings. The average molecular weight is 865 g/mol. The number of nitrogens with zero attached hydrogens (tertiary/aromatic N) is 5. The van der Waals surface area contributed by atoms with Crippen LogP contribution in [0.1, 0.15) is 64.8 Å². The van der Waals surface area contributed by atoms with E-state index in [0.29, 0.717) is 37.5 Å². The molecule has 3 saturated heterocycles. The Labute approximate surface area is 364 Å². The lowest BCUT2D eigenvalue weighted by atomic mass is 9.96. The summed E-state index contributed by atoms with van der Waals surface area (Å²) in [5, 5.41) is 3.55. The molecule has 4 aliphatic heterocycles. The van der Waals surface area contributed by atoms with Gasteiger partial charge in [-0.2, -0.15) is 0 Å². The molecule has 0 aliphatic carbocycles. The number of methoxy groups -OCH3 is 2. The zero-order chi connectivity index (χ0) is 44.2. The van der Waals surface area contributed by atoms with Crippen molar-refractivity contribution in [3.63, 3.8) is 0 Å². The highest BCUT2D eigenvalue weighted by atomic mass is 16.5. The summed E-state index contributed by atoms with van der Waals surface area (Å²) >= 11 is 0. The van der Waals surface area contributed by atoms with Crippen LogP contribution in [0.2, 0.25) is 0 Å². The van der Waals surface area contributed by atoms with Gasteiger partial charge in [-0.3, -0.25) is 48.9 Å². The predicted molar refractivity (Wildman–Crippen MR) is 229 cm³/mol. The Hall–Kier alpha value is -6.17. The van der Waals surface area contributed by atoms with Gasteiger partial charge in [0.25, 0.3) is 17.4 Å². The Morgan fingerprint density at radius 2 is 1.63 bits per heavy atom. The fourth-order valence-electron chi connectivity index (χ4n) is 8.97. The van der Waals surface area contributed by atoms with E-state index < -0.39 is 29.7 Å². The molecule has 17 heteroatoms. The number of piperidine rings is 2. The number of likely N-dealkylation sites (tertiary alicyclic amines) is 2. The summed E-state index contributed by atoms with van der Waals surface area (Å²) in [6.45, 7) is 4.71. The number of hydrogen-bond acceptors (Lipinski definition) is 13. The van der Waals surface area contributed by atoms with Crippen LogP contribution >= 0.6 is 0 Å². The van der Waals surface area contributed by atoms with Crippen LogP contribution in [0.25, 0.3) is 21.9 Å². The van der Waals surface area contributed by atoms with Crippen LogP contribution in [0.15, 0.2) is 59.8 Å². The highest BCUT2D eigenvalue weighted by Crippen LogP contribution is 2.39. The average Bonchev–Trinajstić information content (AvgIpc) is 3.88. The minimum Gasteiger partial charge on any atom is -0.496 e. The maximum atomic E-state index is 13.3. The lowest BCUT2D eigenvalue weighted by Crippen LogP contribution is -2.54. The lowest BCUT2D eigenvalue weighted by Gasteiger charge is -2.33. The number of amides is 5. The first-order chi connectivity index (χ1) is 30.5. The quantitative estimate of drug-likeness (QED) is 0.128. The lowest BCUT2D eigenvalue weighted by molar-refractivity contribution is -0.136. The van der Waals surface area contributed by atoms with Crippen molar-refractivity contribution in [1.29, 1.82) is 0 Å². The molecule has 63 heavy (non-hydrogen) atoms. The number of aryl methyl sites for hydroxylation is 1. The van der Waals surface area contributed by atoms with Gasteiger partial charge < -0.3 is 33.2 Å². The number of nitrogens with one attached hydrogen (secondary N) is 1. The van der Waals surface area contributed by atoms with Crippen LogP contribution in [-0.4, -0.2) is 133 Å². The molecule has 2 unspecified atom stereocenters. The molecule has 17 nitrogen and oxygen atoms in total. The molecule has 0 bridgehead atoms. The minimum atomic E-state index is -1.06. The van der Waals surface area contributed by atoms with Crippen LogP contribution in [0, 0.1) is 5.92 Å². The van der Waals surface area contributed by atoms with E-state index in [0.717, 1.165) is 70.8 Å². The zero-order valence-electron chi connectivity index (χ0n) is 35.8. The molecule has 0 spiro atoms. The summed E-state index contributed by atoms with van der Waals surface area (Å²) < 4.78 is 31.2. The van der Waals surface area contributed by atoms with E-state index in [1.54, 1.807) is 50.4 Å². The van der Waals surface area contributed by atoms with Gasteiger partial charge in [0.2, 0.25) is 17.7 Å². The van der Waals surface area contributed by atoms with Crippen molar-refractivity contribution in [2.24, 2.45) is 13.0 Å². The van der Waals surface area contributed by atoms with Crippen LogP contribution in [0.4, 0.5) is 0 Å². The van der Waals surface area contributed by atoms with Crippen LogP contribution in [0.5, 0.6) is 17.2 Å². The second-order valence-electron chi connectivity index (χ2n) is 16.4. The maximum Gasteiger partial charge on any atom is 0.266 e. The van der Waals surface area contributed by atoms with Crippen LogP contribution in [0.3, 0.4) is 0 Å². The number of rotatable bonds is 16. The SMILES string of the molecule is COc1cc(-c2cn(C)c(=O)c3cnccc23)cc(OC)c1CN1CCC(COC2CCN(C(=O)CCOCCOc3cccc4c3C(=O)N(C3CCC(=O)NC3=O)C4=O)C2)CC1. The molecule has 2 aromatic heterocycles. The first-order valence-corrected chi connectivity index (χ1v) is 21.4. The molecule has 5 amide bonds. The van der Waals surface area contributed by atoms with Crippen LogP contribution in [-0.2, 0) is 37.4 Å². The van der Waals surface area contributed by atoms with Gasteiger partial charge in [0, 0.05) is 63.9 Å². The van der Waals surface area contributed by atoms with E-state index >= 15 is 0 Å². The largest absolute Gasteiger partial charge is 0.496 e. The third-order valence-electron chi connectivity index (χ3n) is 12.4. The van der Waals surface area contributed by atoms with Gasteiger partial charge in [-0.1, -0.05) is 6.07 Å². The van der Waals surface area contributed by atoms with E-state index in [9.17, 15) is 28.8 Å². The van der Waals surface area contributed by atoms with Crippen molar-refractivity contribution in [3.05, 3.63) is 82.0 Å². The van der Waals surface area contributed by atoms with E-state index in [4.69, 9.17) is 23.7 Å². The number of ether oxygens (including phenoxy) is 5. The number of carbonyl (C=O) groups is 5. The Morgan fingerprint density at radius 3 is 2.38 bits per heavy atom. The normalized spacial score (nSPS) is 19.5. The number of imide groups is 2. The Bertz CT molecular complexity index is 2460. The standard InChI is InChI=1S/C46H52N6O11/c1-49-25-34(31-9-14-47-23-33(31)44(49)56)29-21-38(59-2)35(39(22-29)60-3)26-50-15-10-28(11-16-50)27-63-30-12-17-51(24-30)41(54)13-18-61-19-20-62-37-6-4-5-32-42(37)46(58)52(45(32)57)36-7-8-40(53)48-43(36)55/h4-6,9,14,21-23,25,28,30,36H,7-8,10-13,15-20,24,26-27H2,1-3H3,(H,48,53,55). The summed E-state index contributed by atoms with van der Waals surface area (Å²) in [7, 11) is 5.06. The Morgan fingerprint density at radius 1 is 0.857 bits per heavy atom. The van der Waals surface area contributed by atoms with Gasteiger partial charge in [0.1, 0.15) is 29.9 Å². The number of carbonyl (C=O) groups excluding carboxylic acids is 5. The molecule has 0 radical (unpaired) electrons. The molecule has 2 aromatic carbocycles. The van der Waals surface area contributed by atoms with Gasteiger partial charge in [0.15, 0.2) is 0 Å². The Kier molecular flexibility index (Phi) is 13.2. The summed E-state index contributed by atoms with van der Waals surface area (Å²) in [6.07, 6.45) is 8.17. The van der Waals surface area contributed by atoms with Crippen molar-refractivity contribution < 1.29 is 47.7 Å². The molecular weight excluding hydrogens is 813 g/mol. The van der Waals surface area contributed by atoms with Crippen molar-refractivity contribution in [2.45, 2.75) is 57.2 Å². The summed E-state index contributed by atoms with van der Waals surface area (Å²) in [5.41, 5.74) is 2.85. The van der Waals surface area contributed by atoms with Gasteiger partial charge in [-0.25, -0.2) is 0 Å². The first kappa shape index (κ1) is 43.5. The van der Waals surface area contributed by atoms with Gasteiger partial charge in [-0.05, 0) is 86.0 Å². The molecule has 0 saturated carbocycles. The predicted octanol–water partition coefficient (Wildman–Crippen LogP) is 3.33. The molecule has 4 aromatic rings. The van der Waals surface area contributed by atoms with Crippen molar-refractivity contribution in [2.75, 3.05) is 66.8 Å². The third-order valence-corrected chi connectivity index (χ3v) is 12.4. The highest BCUT2D eigenvalue weighted by molar-refractivity contribution is 6.24. The summed E-state index contributed by atoms with van der Waals surface area (Å²) in [4.78, 5) is 85.4. The number of benzene rings is 2. The summed E-state index contributed by atoms with van der Waals surface area (Å²) in [6, 6.07) is 9.49. The second kappa shape index (κ2) is 19.1. The minimum absolute atomic E-state index is 0.00670. The highest BCUT2D eigenvalue weighted by Gasteiger charge is 2.46. The number of hydrogen-bond donors (Lipinski definition) is 1. The van der Waals surface area contributed by atoms with Gasteiger partial charge >= 0.3 is 0 Å². The van der Waals surface area contributed by atoms with Crippen LogP contribution < -0.4 is 25.1 Å². The molecular formula is C46H52N6O11. The van der Waals surface area contributed by atoms with Gasteiger partial charge in [-0.15, -0.1) is 0 Å². The first-order valence-electron chi connectivity index (χ1n) is 21.4. The van der Waals surface area contributed by atoms with Crippen molar-refractivity contribution in [3.8, 4) is 28.4 Å².